The van der Waals surface area contributed by atoms with Crippen molar-refractivity contribution in [1.29, 1.82) is 0 Å². The number of phenols is 1. The Morgan fingerprint density at radius 3 is 2.56 bits per heavy atom. The molecule has 140 valence electrons. The molecule has 2 aromatic carbocycles. The van der Waals surface area contributed by atoms with Gasteiger partial charge in [-0.25, -0.2) is 0 Å². The molecule has 2 aromatic rings. The average molecular weight is 362 g/mol. The van der Waals surface area contributed by atoms with E-state index in [1.807, 2.05) is 12.1 Å². The van der Waals surface area contributed by atoms with Gasteiger partial charge in [0.1, 0.15) is 11.5 Å². The van der Waals surface area contributed by atoms with Gasteiger partial charge in [-0.3, -0.25) is 9.79 Å². The summed E-state index contributed by atoms with van der Waals surface area (Å²) in [6, 6.07) is 11.1. The molecule has 1 fully saturated rings. The first-order valence-corrected chi connectivity index (χ1v) is 9.51. The van der Waals surface area contributed by atoms with E-state index in [1.54, 1.807) is 12.1 Å². The molecule has 1 unspecified atom stereocenters. The molecule has 1 aliphatic carbocycles. The first-order valence-electron chi connectivity index (χ1n) is 9.51. The lowest BCUT2D eigenvalue weighted by Crippen LogP contribution is -2.42. The monoisotopic (exact) mass is 362 g/mol. The number of aromatic hydroxyl groups is 1. The Bertz CT molecular complexity index is 959. The standard InChI is InChI=1S/C23H26N2O2/c1-13-9-16-17(10-14(13)2)25-22(15-7-5-6-8-19(15)26)21-18(24-16)11-23(3,4)12-20(21)27/h5-10,21-22,25-26H,11-12H2,1-4H3/t21?,22-/m0/s1. The Morgan fingerprint density at radius 2 is 1.81 bits per heavy atom. The maximum absolute atomic E-state index is 13.2. The van der Waals surface area contributed by atoms with Gasteiger partial charge >= 0.3 is 0 Å². The van der Waals surface area contributed by atoms with Crippen LogP contribution in [0.3, 0.4) is 0 Å². The zero-order valence-electron chi connectivity index (χ0n) is 16.3. The van der Waals surface area contributed by atoms with Gasteiger partial charge in [0.2, 0.25) is 0 Å². The van der Waals surface area contributed by atoms with Crippen LogP contribution in [0.4, 0.5) is 11.4 Å². The van der Waals surface area contributed by atoms with Crippen molar-refractivity contribution in [3.8, 4) is 5.75 Å². The molecule has 2 aliphatic rings. The number of nitrogens with zero attached hydrogens (tertiary/aromatic N) is 1. The number of fused-ring (bicyclic) bond motifs is 2. The second-order valence-electron chi connectivity index (χ2n) is 8.70. The van der Waals surface area contributed by atoms with E-state index in [1.165, 1.54) is 11.1 Å². The Hall–Kier alpha value is -2.62. The molecule has 2 atom stereocenters. The number of ketones is 1. The number of benzene rings is 2. The summed E-state index contributed by atoms with van der Waals surface area (Å²) in [7, 11) is 0. The largest absolute Gasteiger partial charge is 0.508 e. The molecule has 4 rings (SSSR count). The number of hydrogen-bond acceptors (Lipinski definition) is 4. The molecule has 0 radical (unpaired) electrons. The highest BCUT2D eigenvalue weighted by molar-refractivity contribution is 6.10. The molecule has 0 bridgehead atoms. The van der Waals surface area contributed by atoms with Crippen LogP contribution in [0.15, 0.2) is 41.4 Å². The van der Waals surface area contributed by atoms with E-state index in [2.05, 4.69) is 45.1 Å². The number of para-hydroxylation sites is 1. The fraction of sp³-hybridized carbons (Fsp3) is 0.391. The highest BCUT2D eigenvalue weighted by Gasteiger charge is 2.44. The Kier molecular flexibility index (Phi) is 4.10. The van der Waals surface area contributed by atoms with Crippen LogP contribution in [0, 0.1) is 25.2 Å². The van der Waals surface area contributed by atoms with Crippen molar-refractivity contribution in [3.63, 3.8) is 0 Å². The minimum Gasteiger partial charge on any atom is -0.508 e. The fourth-order valence-electron chi connectivity index (χ4n) is 4.34. The lowest BCUT2D eigenvalue weighted by atomic mass is 9.68. The predicted molar refractivity (Wildman–Crippen MR) is 109 cm³/mol. The van der Waals surface area contributed by atoms with E-state index >= 15 is 0 Å². The summed E-state index contributed by atoms with van der Waals surface area (Å²) in [6.45, 7) is 8.40. The van der Waals surface area contributed by atoms with Gasteiger partial charge in [0.15, 0.2) is 0 Å². The number of hydrogen-bond donors (Lipinski definition) is 2. The van der Waals surface area contributed by atoms with Gasteiger partial charge in [0, 0.05) is 17.7 Å². The van der Waals surface area contributed by atoms with Gasteiger partial charge in [-0.05, 0) is 55.0 Å². The van der Waals surface area contributed by atoms with Crippen LogP contribution in [0.1, 0.15) is 49.4 Å². The van der Waals surface area contributed by atoms with Crippen molar-refractivity contribution in [1.82, 2.24) is 0 Å². The molecule has 27 heavy (non-hydrogen) atoms. The van der Waals surface area contributed by atoms with Crippen molar-refractivity contribution >= 4 is 22.9 Å². The van der Waals surface area contributed by atoms with Crippen molar-refractivity contribution in [2.75, 3.05) is 5.32 Å². The third-order valence-electron chi connectivity index (χ3n) is 5.81. The van der Waals surface area contributed by atoms with Gasteiger partial charge in [-0.2, -0.15) is 0 Å². The normalized spacial score (nSPS) is 23.6. The van der Waals surface area contributed by atoms with Gasteiger partial charge in [-0.1, -0.05) is 32.0 Å². The average Bonchev–Trinajstić information content (AvgIpc) is 2.71. The molecule has 0 spiro atoms. The molecular weight excluding hydrogens is 336 g/mol. The summed E-state index contributed by atoms with van der Waals surface area (Å²) >= 11 is 0. The van der Waals surface area contributed by atoms with Crippen molar-refractivity contribution in [2.24, 2.45) is 16.3 Å². The maximum atomic E-state index is 13.2. The van der Waals surface area contributed by atoms with E-state index in [0.29, 0.717) is 6.42 Å². The molecule has 0 amide bonds. The molecule has 0 saturated heterocycles. The summed E-state index contributed by atoms with van der Waals surface area (Å²) in [6.07, 6.45) is 1.30. The maximum Gasteiger partial charge on any atom is 0.144 e. The number of aliphatic imine (C=N–C) groups is 1. The minimum atomic E-state index is -0.362. The lowest BCUT2D eigenvalue weighted by molar-refractivity contribution is -0.124. The van der Waals surface area contributed by atoms with Gasteiger partial charge < -0.3 is 10.4 Å². The SMILES string of the molecule is Cc1cc2c(cc1C)N[C@@H](c1ccccc1O)C1C(=O)CC(C)(C)CC1=N2. The molecule has 1 heterocycles. The fourth-order valence-corrected chi connectivity index (χ4v) is 4.34. The quantitative estimate of drug-likeness (QED) is 0.728. The number of carbonyl (C=O) groups is 1. The Morgan fingerprint density at radius 1 is 1.11 bits per heavy atom. The number of anilines is 1. The van der Waals surface area contributed by atoms with E-state index in [9.17, 15) is 9.90 Å². The van der Waals surface area contributed by atoms with Crippen LogP contribution in [-0.4, -0.2) is 16.6 Å². The Balaban J connectivity index is 1.92. The summed E-state index contributed by atoms with van der Waals surface area (Å²) in [5, 5.41) is 14.0. The second kappa shape index (κ2) is 6.22. The van der Waals surface area contributed by atoms with Crippen LogP contribution in [-0.2, 0) is 4.79 Å². The molecule has 4 nitrogen and oxygen atoms in total. The van der Waals surface area contributed by atoms with E-state index in [4.69, 9.17) is 4.99 Å². The zero-order chi connectivity index (χ0) is 19.3. The highest BCUT2D eigenvalue weighted by Crippen LogP contribution is 2.46. The third kappa shape index (κ3) is 3.14. The van der Waals surface area contributed by atoms with E-state index in [0.717, 1.165) is 29.1 Å². The number of rotatable bonds is 1. The molecule has 1 aliphatic heterocycles. The molecular formula is C23H26N2O2. The van der Waals surface area contributed by atoms with Gasteiger partial charge in [-0.15, -0.1) is 0 Å². The Labute approximate surface area is 160 Å². The van der Waals surface area contributed by atoms with Crippen LogP contribution < -0.4 is 5.32 Å². The summed E-state index contributed by atoms with van der Waals surface area (Å²) < 4.78 is 0. The van der Waals surface area contributed by atoms with Crippen LogP contribution in [0.25, 0.3) is 0 Å². The number of Topliss-reactive ketones (excluding diaryl/α,β-unsaturated/α-hetero) is 1. The number of aryl methyl sites for hydroxylation is 2. The van der Waals surface area contributed by atoms with Crippen molar-refractivity contribution in [2.45, 2.75) is 46.6 Å². The van der Waals surface area contributed by atoms with Gasteiger partial charge in [0.25, 0.3) is 0 Å². The van der Waals surface area contributed by atoms with Crippen LogP contribution in [0.5, 0.6) is 5.75 Å². The van der Waals surface area contributed by atoms with Crippen molar-refractivity contribution < 1.29 is 9.90 Å². The predicted octanol–water partition coefficient (Wildman–Crippen LogP) is 5.25. The lowest BCUT2D eigenvalue weighted by Gasteiger charge is -2.37. The summed E-state index contributed by atoms with van der Waals surface area (Å²) in [4.78, 5) is 18.1. The summed E-state index contributed by atoms with van der Waals surface area (Å²) in [5.41, 5.74) is 5.71. The van der Waals surface area contributed by atoms with Crippen LogP contribution in [0.2, 0.25) is 0 Å². The van der Waals surface area contributed by atoms with Crippen LogP contribution >= 0.6 is 0 Å². The van der Waals surface area contributed by atoms with E-state index < -0.39 is 0 Å². The molecule has 4 heteroatoms. The number of carbonyl (C=O) groups excluding carboxylic acids is 1. The molecule has 0 aromatic heterocycles. The molecule has 2 N–H and O–H groups in total. The zero-order valence-corrected chi connectivity index (χ0v) is 16.3. The van der Waals surface area contributed by atoms with Gasteiger partial charge in [0.05, 0.1) is 23.3 Å². The third-order valence-corrected chi connectivity index (χ3v) is 5.81. The minimum absolute atomic E-state index is 0.0973. The van der Waals surface area contributed by atoms with E-state index in [-0.39, 0.29) is 28.9 Å². The first-order chi connectivity index (χ1) is 12.7. The molecule has 1 saturated carbocycles. The highest BCUT2D eigenvalue weighted by atomic mass is 16.3. The smallest absolute Gasteiger partial charge is 0.144 e. The number of nitrogens with one attached hydrogen (secondary N) is 1. The van der Waals surface area contributed by atoms with Crippen molar-refractivity contribution in [3.05, 3.63) is 53.1 Å². The summed E-state index contributed by atoms with van der Waals surface area (Å²) in [5.74, 6) is 0.0330. The number of phenolic OH excluding ortho intramolecular Hbond substituents is 1. The topological polar surface area (TPSA) is 61.7 Å². The second-order valence-corrected chi connectivity index (χ2v) is 8.70. The first kappa shape index (κ1) is 17.8.